The van der Waals surface area contributed by atoms with Crippen LogP contribution in [0.15, 0.2) is 30.3 Å². The molecular weight excluding hydrogens is 250 g/mol. The van der Waals surface area contributed by atoms with E-state index >= 15 is 0 Å². The van der Waals surface area contributed by atoms with Crippen LogP contribution in [0.1, 0.15) is 11.4 Å². The Morgan fingerprint density at radius 1 is 1.28 bits per heavy atom. The lowest BCUT2D eigenvalue weighted by molar-refractivity contribution is 0.178. The summed E-state index contributed by atoms with van der Waals surface area (Å²) in [5.74, 6) is 1.22. The van der Waals surface area contributed by atoms with E-state index in [-0.39, 0.29) is 0 Å². The summed E-state index contributed by atoms with van der Waals surface area (Å²) in [5.41, 5.74) is 2.14. The fraction of sp³-hybridized carbons (Fsp3) is 0.231. The number of nitrogens with one attached hydrogen (secondary N) is 1. The second-order valence-electron chi connectivity index (χ2n) is 3.87. The maximum Gasteiger partial charge on any atom is 0.158 e. The molecule has 1 N–H and O–H groups in total. The first-order valence-corrected chi connectivity index (χ1v) is 5.92. The Bertz CT molecular complexity index is 546. The fourth-order valence-electron chi connectivity index (χ4n) is 1.57. The summed E-state index contributed by atoms with van der Waals surface area (Å²) < 4.78 is 5.00. The maximum atomic E-state index is 5.95. The summed E-state index contributed by atoms with van der Waals surface area (Å²) in [6.45, 7) is 2.37. The summed E-state index contributed by atoms with van der Waals surface area (Å²) in [6, 6.07) is 9.66. The van der Waals surface area contributed by atoms with Gasteiger partial charge in [0.2, 0.25) is 0 Å². The van der Waals surface area contributed by atoms with E-state index in [1.165, 1.54) is 0 Å². The number of ether oxygens (including phenoxy) is 1. The Labute approximate surface area is 111 Å². The van der Waals surface area contributed by atoms with Gasteiger partial charge < -0.3 is 10.1 Å². The number of methoxy groups -OCH3 is 1. The minimum absolute atomic E-state index is 0.336. The van der Waals surface area contributed by atoms with Crippen molar-refractivity contribution >= 4 is 23.1 Å². The van der Waals surface area contributed by atoms with Crippen LogP contribution in [0.25, 0.3) is 0 Å². The number of hydrogen-bond donors (Lipinski definition) is 1. The van der Waals surface area contributed by atoms with Crippen LogP contribution in [-0.2, 0) is 11.3 Å². The van der Waals surface area contributed by atoms with Gasteiger partial charge in [-0.1, -0.05) is 29.8 Å². The third kappa shape index (κ3) is 3.18. The second kappa shape index (κ2) is 5.80. The van der Waals surface area contributed by atoms with Crippen molar-refractivity contribution in [3.63, 3.8) is 0 Å². The van der Waals surface area contributed by atoms with Crippen molar-refractivity contribution in [2.45, 2.75) is 13.5 Å². The third-order valence-electron chi connectivity index (χ3n) is 2.42. The molecule has 0 radical (unpaired) electrons. The molecule has 94 valence electrons. The largest absolute Gasteiger partial charge is 0.377 e. The molecule has 0 aliphatic heterocycles. The van der Waals surface area contributed by atoms with Crippen molar-refractivity contribution < 1.29 is 4.74 Å². The molecule has 0 aliphatic rings. The van der Waals surface area contributed by atoms with Crippen LogP contribution in [-0.4, -0.2) is 17.1 Å². The lowest BCUT2D eigenvalue weighted by atomic mass is 10.2. The number of anilines is 2. The van der Waals surface area contributed by atoms with E-state index in [0.29, 0.717) is 23.4 Å². The molecule has 1 aromatic carbocycles. The van der Waals surface area contributed by atoms with E-state index in [9.17, 15) is 0 Å². The Kier molecular flexibility index (Phi) is 4.12. The normalized spacial score (nSPS) is 10.4. The number of halogens is 1. The topological polar surface area (TPSA) is 47.0 Å². The van der Waals surface area contributed by atoms with Crippen molar-refractivity contribution in [2.75, 3.05) is 12.4 Å². The number of nitrogens with zero attached hydrogens (tertiary/aromatic N) is 2. The van der Waals surface area contributed by atoms with Gasteiger partial charge >= 0.3 is 0 Å². The zero-order chi connectivity index (χ0) is 13.0. The Balaban J connectivity index is 2.26. The predicted molar refractivity (Wildman–Crippen MR) is 72.2 cm³/mol. The first kappa shape index (κ1) is 12.8. The monoisotopic (exact) mass is 263 g/mol. The summed E-state index contributed by atoms with van der Waals surface area (Å²) in [7, 11) is 1.60. The molecule has 1 heterocycles. The molecule has 2 aromatic rings. The number of para-hydroxylation sites is 1. The number of hydrogen-bond acceptors (Lipinski definition) is 4. The van der Waals surface area contributed by atoms with E-state index in [4.69, 9.17) is 16.3 Å². The third-order valence-corrected chi connectivity index (χ3v) is 2.62. The van der Waals surface area contributed by atoms with Gasteiger partial charge in [-0.2, -0.15) is 0 Å². The SMILES string of the molecule is COCc1nc(Cl)cc(Nc2ccccc2C)n1. The highest BCUT2D eigenvalue weighted by Gasteiger charge is 2.04. The van der Waals surface area contributed by atoms with E-state index in [1.54, 1.807) is 13.2 Å². The number of rotatable bonds is 4. The molecule has 0 saturated heterocycles. The Hall–Kier alpha value is -1.65. The molecule has 1 aromatic heterocycles. The highest BCUT2D eigenvalue weighted by molar-refractivity contribution is 6.29. The van der Waals surface area contributed by atoms with Gasteiger partial charge in [-0.3, -0.25) is 0 Å². The second-order valence-corrected chi connectivity index (χ2v) is 4.25. The van der Waals surface area contributed by atoms with Gasteiger partial charge in [0.25, 0.3) is 0 Å². The molecular formula is C13H14ClN3O. The van der Waals surface area contributed by atoms with Gasteiger partial charge in [0.05, 0.1) is 0 Å². The summed E-state index contributed by atoms with van der Waals surface area (Å²) in [4.78, 5) is 8.40. The molecule has 5 heteroatoms. The average molecular weight is 264 g/mol. The number of benzene rings is 1. The van der Waals surface area contributed by atoms with Crippen molar-refractivity contribution in [3.05, 3.63) is 46.9 Å². The van der Waals surface area contributed by atoms with E-state index in [0.717, 1.165) is 11.3 Å². The number of aromatic nitrogens is 2. The van der Waals surface area contributed by atoms with Gasteiger partial charge in [-0.05, 0) is 18.6 Å². The van der Waals surface area contributed by atoms with Crippen LogP contribution in [0.3, 0.4) is 0 Å². The Morgan fingerprint density at radius 3 is 2.78 bits per heavy atom. The minimum atomic E-state index is 0.336. The van der Waals surface area contributed by atoms with Crippen LogP contribution >= 0.6 is 11.6 Å². The minimum Gasteiger partial charge on any atom is -0.377 e. The number of aryl methyl sites for hydroxylation is 1. The quantitative estimate of drug-likeness (QED) is 0.860. The zero-order valence-corrected chi connectivity index (χ0v) is 11.0. The molecule has 0 saturated carbocycles. The van der Waals surface area contributed by atoms with Crippen LogP contribution in [0.4, 0.5) is 11.5 Å². The van der Waals surface area contributed by atoms with Crippen LogP contribution in [0.5, 0.6) is 0 Å². The highest BCUT2D eigenvalue weighted by Crippen LogP contribution is 2.20. The van der Waals surface area contributed by atoms with Crippen molar-refractivity contribution in [3.8, 4) is 0 Å². The standard InChI is InChI=1S/C13H14ClN3O/c1-9-5-3-4-6-10(9)15-12-7-11(14)16-13(17-12)8-18-2/h3-7H,8H2,1-2H3,(H,15,16,17). The lowest BCUT2D eigenvalue weighted by Gasteiger charge is -2.09. The van der Waals surface area contributed by atoms with E-state index in [1.807, 2.05) is 31.2 Å². The molecule has 0 fully saturated rings. The lowest BCUT2D eigenvalue weighted by Crippen LogP contribution is -2.02. The maximum absolute atomic E-state index is 5.95. The van der Waals surface area contributed by atoms with Gasteiger partial charge in [-0.15, -0.1) is 0 Å². The summed E-state index contributed by atoms with van der Waals surface area (Å²) in [6.07, 6.45) is 0. The van der Waals surface area contributed by atoms with E-state index in [2.05, 4.69) is 15.3 Å². The molecule has 0 atom stereocenters. The molecule has 2 rings (SSSR count). The zero-order valence-electron chi connectivity index (χ0n) is 10.3. The van der Waals surface area contributed by atoms with Crippen LogP contribution in [0, 0.1) is 6.92 Å². The molecule has 0 unspecified atom stereocenters. The smallest absolute Gasteiger partial charge is 0.158 e. The van der Waals surface area contributed by atoms with Gasteiger partial charge in [0.1, 0.15) is 17.6 Å². The molecule has 18 heavy (non-hydrogen) atoms. The van der Waals surface area contributed by atoms with Gasteiger partial charge in [-0.25, -0.2) is 9.97 Å². The first-order chi connectivity index (χ1) is 8.69. The van der Waals surface area contributed by atoms with Crippen molar-refractivity contribution in [1.29, 1.82) is 0 Å². The summed E-state index contributed by atoms with van der Waals surface area (Å²) in [5, 5.41) is 3.62. The van der Waals surface area contributed by atoms with Crippen molar-refractivity contribution in [1.82, 2.24) is 9.97 Å². The Morgan fingerprint density at radius 2 is 2.06 bits per heavy atom. The molecule has 4 nitrogen and oxygen atoms in total. The molecule has 0 aliphatic carbocycles. The predicted octanol–water partition coefficient (Wildman–Crippen LogP) is 3.33. The van der Waals surface area contributed by atoms with Crippen LogP contribution in [0.2, 0.25) is 5.15 Å². The van der Waals surface area contributed by atoms with Gasteiger partial charge in [0.15, 0.2) is 5.82 Å². The van der Waals surface area contributed by atoms with Crippen molar-refractivity contribution in [2.24, 2.45) is 0 Å². The van der Waals surface area contributed by atoms with Gasteiger partial charge in [0, 0.05) is 18.9 Å². The summed E-state index contributed by atoms with van der Waals surface area (Å²) >= 11 is 5.95. The molecule has 0 spiro atoms. The fourth-order valence-corrected chi connectivity index (χ4v) is 1.77. The molecule has 0 bridgehead atoms. The first-order valence-electron chi connectivity index (χ1n) is 5.54. The van der Waals surface area contributed by atoms with Crippen LogP contribution < -0.4 is 5.32 Å². The highest BCUT2D eigenvalue weighted by atomic mass is 35.5. The molecule has 0 amide bonds. The average Bonchev–Trinajstić information content (AvgIpc) is 2.32. The van der Waals surface area contributed by atoms with E-state index < -0.39 is 0 Å².